The number of nitrogens with zero attached hydrogens (tertiary/aromatic N) is 3. The number of aromatic nitrogens is 2. The number of benzene rings is 2. The molecule has 35 heavy (non-hydrogen) atoms. The molecule has 2 aromatic carbocycles. The number of hydrogen-bond donors (Lipinski definition) is 1. The van der Waals surface area contributed by atoms with Crippen molar-refractivity contribution in [3.05, 3.63) is 59.5 Å². The van der Waals surface area contributed by atoms with Crippen molar-refractivity contribution < 1.29 is 33.6 Å². The Labute approximate surface area is 204 Å². The first-order valence-corrected chi connectivity index (χ1v) is 10.7. The van der Waals surface area contributed by atoms with Gasteiger partial charge in [0, 0.05) is 36.3 Å². The molecule has 0 aliphatic carbocycles. The van der Waals surface area contributed by atoms with Crippen LogP contribution in [0.2, 0.25) is 0 Å². The van der Waals surface area contributed by atoms with Crippen molar-refractivity contribution in [2.24, 2.45) is 0 Å². The zero-order valence-corrected chi connectivity index (χ0v) is 20.4. The Bertz CT molecular complexity index is 1110. The summed E-state index contributed by atoms with van der Waals surface area (Å²) in [6, 6.07) is 11.1. The predicted octanol–water partition coefficient (Wildman–Crippen LogP) is 3.35. The minimum Gasteiger partial charge on any atom is -0.497 e. The highest BCUT2D eigenvalue weighted by molar-refractivity contribution is 5.72. The van der Waals surface area contributed by atoms with E-state index < -0.39 is 5.97 Å². The fraction of sp³-hybridized carbons (Fsp3) is 0.320. The average Bonchev–Trinajstić information content (AvgIpc) is 2.88. The maximum atomic E-state index is 11.4. The SMILES string of the molecule is COc1ccc(CN(Cc2ccc(OC)cc2OC)c2ncnc(CC(=O)O)c2OC)c(OC)c1. The van der Waals surface area contributed by atoms with E-state index >= 15 is 0 Å². The number of anilines is 1. The van der Waals surface area contributed by atoms with Crippen molar-refractivity contribution in [1.82, 2.24) is 9.97 Å². The van der Waals surface area contributed by atoms with Crippen molar-refractivity contribution >= 4 is 11.8 Å². The summed E-state index contributed by atoms with van der Waals surface area (Å²) in [5.74, 6) is 2.30. The number of ether oxygens (including phenoxy) is 5. The Balaban J connectivity index is 2.11. The van der Waals surface area contributed by atoms with Gasteiger partial charge in [0.2, 0.25) is 0 Å². The van der Waals surface area contributed by atoms with Gasteiger partial charge in [0.1, 0.15) is 29.3 Å². The number of rotatable bonds is 12. The van der Waals surface area contributed by atoms with E-state index in [2.05, 4.69) is 9.97 Å². The van der Waals surface area contributed by atoms with Crippen molar-refractivity contribution in [3.8, 4) is 28.7 Å². The first-order valence-electron chi connectivity index (χ1n) is 10.7. The molecule has 1 heterocycles. The number of carbonyl (C=O) groups is 1. The largest absolute Gasteiger partial charge is 0.497 e. The van der Waals surface area contributed by atoms with Crippen LogP contribution in [0.5, 0.6) is 28.7 Å². The van der Waals surface area contributed by atoms with E-state index in [0.29, 0.717) is 41.9 Å². The molecular weight excluding hydrogens is 454 g/mol. The molecule has 1 N–H and O–H groups in total. The highest BCUT2D eigenvalue weighted by Crippen LogP contribution is 2.35. The van der Waals surface area contributed by atoms with Gasteiger partial charge < -0.3 is 33.7 Å². The van der Waals surface area contributed by atoms with Gasteiger partial charge in [-0.3, -0.25) is 4.79 Å². The van der Waals surface area contributed by atoms with E-state index in [4.69, 9.17) is 23.7 Å². The van der Waals surface area contributed by atoms with Crippen LogP contribution < -0.4 is 28.6 Å². The van der Waals surface area contributed by atoms with Crippen LogP contribution in [0, 0.1) is 0 Å². The molecule has 3 rings (SSSR count). The normalized spacial score (nSPS) is 10.4. The summed E-state index contributed by atoms with van der Waals surface area (Å²) in [4.78, 5) is 21.9. The van der Waals surface area contributed by atoms with Gasteiger partial charge in [-0.2, -0.15) is 0 Å². The Hall–Kier alpha value is -4.21. The molecule has 0 saturated carbocycles. The summed E-state index contributed by atoms with van der Waals surface area (Å²) >= 11 is 0. The third kappa shape index (κ3) is 6.03. The summed E-state index contributed by atoms with van der Waals surface area (Å²) in [5.41, 5.74) is 2.00. The van der Waals surface area contributed by atoms with Crippen LogP contribution in [0.1, 0.15) is 16.8 Å². The van der Waals surface area contributed by atoms with Crippen molar-refractivity contribution in [1.29, 1.82) is 0 Å². The fourth-order valence-electron chi connectivity index (χ4n) is 3.68. The van der Waals surface area contributed by atoms with Crippen LogP contribution in [0.15, 0.2) is 42.7 Å². The van der Waals surface area contributed by atoms with Crippen molar-refractivity contribution in [2.75, 3.05) is 40.4 Å². The van der Waals surface area contributed by atoms with E-state index in [1.807, 2.05) is 29.2 Å². The highest BCUT2D eigenvalue weighted by atomic mass is 16.5. The van der Waals surface area contributed by atoms with E-state index in [0.717, 1.165) is 11.1 Å². The molecule has 0 amide bonds. The van der Waals surface area contributed by atoms with E-state index in [9.17, 15) is 9.90 Å². The summed E-state index contributed by atoms with van der Waals surface area (Å²) in [7, 11) is 7.82. The summed E-state index contributed by atoms with van der Waals surface area (Å²) < 4.78 is 27.4. The first-order chi connectivity index (χ1) is 16.9. The molecule has 0 spiro atoms. The number of carboxylic acid groups (broad SMARTS) is 1. The molecule has 0 atom stereocenters. The summed E-state index contributed by atoms with van der Waals surface area (Å²) in [5, 5.41) is 9.34. The molecule has 0 radical (unpaired) electrons. The molecule has 0 aliphatic rings. The second kappa shape index (κ2) is 11.8. The highest BCUT2D eigenvalue weighted by Gasteiger charge is 2.23. The monoisotopic (exact) mass is 483 g/mol. The van der Waals surface area contributed by atoms with Gasteiger partial charge in [-0.25, -0.2) is 9.97 Å². The van der Waals surface area contributed by atoms with Gasteiger partial charge in [0.05, 0.1) is 47.7 Å². The predicted molar refractivity (Wildman–Crippen MR) is 129 cm³/mol. The molecule has 0 bridgehead atoms. The third-order valence-corrected chi connectivity index (χ3v) is 5.39. The standard InChI is InChI=1S/C25H29N3O7/c1-31-18-8-6-16(21(10-18)33-3)13-28(14-17-7-9-19(32-2)11-22(17)34-4)25-24(35-5)20(12-23(29)30)26-15-27-25/h6-11,15H,12-14H2,1-5H3,(H,29,30). The molecular formula is C25H29N3O7. The zero-order chi connectivity index (χ0) is 25.4. The van der Waals surface area contributed by atoms with Crippen LogP contribution >= 0.6 is 0 Å². The average molecular weight is 484 g/mol. The second-order valence-corrected chi connectivity index (χ2v) is 7.46. The lowest BCUT2D eigenvalue weighted by molar-refractivity contribution is -0.136. The maximum absolute atomic E-state index is 11.4. The number of hydrogen-bond acceptors (Lipinski definition) is 9. The Kier molecular flexibility index (Phi) is 8.55. The number of methoxy groups -OCH3 is 5. The minimum absolute atomic E-state index is 0.276. The summed E-state index contributed by atoms with van der Waals surface area (Å²) in [6.07, 6.45) is 1.03. The molecule has 186 valence electrons. The van der Waals surface area contributed by atoms with Crippen LogP contribution in [-0.2, 0) is 24.3 Å². The molecule has 0 fully saturated rings. The molecule has 0 saturated heterocycles. The lowest BCUT2D eigenvalue weighted by Gasteiger charge is -2.27. The Morgan fingerprint density at radius 3 is 1.77 bits per heavy atom. The maximum Gasteiger partial charge on any atom is 0.309 e. The smallest absolute Gasteiger partial charge is 0.309 e. The molecule has 3 aromatic rings. The minimum atomic E-state index is -1.02. The van der Waals surface area contributed by atoms with Crippen LogP contribution in [-0.4, -0.2) is 56.6 Å². The van der Waals surface area contributed by atoms with Gasteiger partial charge in [-0.15, -0.1) is 0 Å². The topological polar surface area (TPSA) is 112 Å². The molecule has 0 aliphatic heterocycles. The van der Waals surface area contributed by atoms with E-state index in [1.54, 1.807) is 40.6 Å². The Morgan fingerprint density at radius 2 is 1.34 bits per heavy atom. The summed E-state index contributed by atoms with van der Waals surface area (Å²) in [6.45, 7) is 0.727. The lowest BCUT2D eigenvalue weighted by atomic mass is 10.1. The van der Waals surface area contributed by atoms with Crippen LogP contribution in [0.3, 0.4) is 0 Å². The van der Waals surface area contributed by atoms with Crippen LogP contribution in [0.25, 0.3) is 0 Å². The van der Waals surface area contributed by atoms with Gasteiger partial charge in [-0.05, 0) is 24.3 Å². The fourth-order valence-corrected chi connectivity index (χ4v) is 3.68. The first kappa shape index (κ1) is 25.4. The zero-order valence-electron chi connectivity index (χ0n) is 20.4. The Morgan fingerprint density at radius 1 is 0.800 bits per heavy atom. The molecule has 1 aromatic heterocycles. The third-order valence-electron chi connectivity index (χ3n) is 5.39. The van der Waals surface area contributed by atoms with Gasteiger partial charge >= 0.3 is 5.97 Å². The van der Waals surface area contributed by atoms with Gasteiger partial charge in [0.15, 0.2) is 11.6 Å². The van der Waals surface area contributed by atoms with E-state index in [1.165, 1.54) is 13.4 Å². The number of carboxylic acids is 1. The van der Waals surface area contributed by atoms with Crippen LogP contribution in [0.4, 0.5) is 5.82 Å². The molecule has 0 unspecified atom stereocenters. The second-order valence-electron chi connectivity index (χ2n) is 7.46. The van der Waals surface area contributed by atoms with Crippen molar-refractivity contribution in [3.63, 3.8) is 0 Å². The lowest BCUT2D eigenvalue weighted by Crippen LogP contribution is -2.25. The van der Waals surface area contributed by atoms with E-state index in [-0.39, 0.29) is 17.9 Å². The van der Waals surface area contributed by atoms with Gasteiger partial charge in [-0.1, -0.05) is 0 Å². The quantitative estimate of drug-likeness (QED) is 0.411. The molecule has 10 nitrogen and oxygen atoms in total. The number of aliphatic carboxylic acids is 1. The van der Waals surface area contributed by atoms with Gasteiger partial charge in [0.25, 0.3) is 0 Å². The van der Waals surface area contributed by atoms with Crippen molar-refractivity contribution in [2.45, 2.75) is 19.5 Å². The molecule has 10 heteroatoms.